The highest BCUT2D eigenvalue weighted by molar-refractivity contribution is 5.14. The predicted octanol–water partition coefficient (Wildman–Crippen LogP) is 3.56. The lowest BCUT2D eigenvalue weighted by Crippen LogP contribution is -2.35. The molecule has 1 aliphatic heterocycles. The van der Waals surface area contributed by atoms with E-state index in [1.807, 2.05) is 6.33 Å². The van der Waals surface area contributed by atoms with E-state index in [-0.39, 0.29) is 0 Å². The molecule has 3 heteroatoms. The molecule has 3 nitrogen and oxygen atoms in total. The summed E-state index contributed by atoms with van der Waals surface area (Å²) in [4.78, 5) is 10.2. The number of hydrogen-bond acceptors (Lipinski definition) is 2. The van der Waals surface area contributed by atoms with Crippen LogP contribution in [0.4, 0.5) is 0 Å². The van der Waals surface area contributed by atoms with Crippen LogP contribution < -0.4 is 0 Å². The van der Waals surface area contributed by atoms with Gasteiger partial charge in [0, 0.05) is 18.8 Å². The van der Waals surface area contributed by atoms with E-state index in [0.29, 0.717) is 0 Å². The summed E-state index contributed by atoms with van der Waals surface area (Å²) in [6.45, 7) is 5.55. The van der Waals surface area contributed by atoms with Crippen molar-refractivity contribution in [1.29, 1.82) is 0 Å². The summed E-state index contributed by atoms with van der Waals surface area (Å²) < 4.78 is 0. The van der Waals surface area contributed by atoms with Crippen LogP contribution in [0.15, 0.2) is 36.7 Å². The number of aromatic amines is 1. The number of piperidine rings is 1. The van der Waals surface area contributed by atoms with E-state index in [0.717, 1.165) is 12.5 Å². The molecule has 0 saturated carbocycles. The minimum Gasteiger partial charge on any atom is -0.348 e. The molecule has 0 amide bonds. The van der Waals surface area contributed by atoms with Gasteiger partial charge < -0.3 is 4.98 Å². The van der Waals surface area contributed by atoms with E-state index in [9.17, 15) is 0 Å². The molecule has 1 N–H and O–H groups in total. The van der Waals surface area contributed by atoms with E-state index in [1.165, 1.54) is 55.7 Å². The summed E-state index contributed by atoms with van der Waals surface area (Å²) >= 11 is 0. The van der Waals surface area contributed by atoms with E-state index < -0.39 is 0 Å². The molecule has 1 aromatic carbocycles. The minimum absolute atomic E-state index is 0.832. The topological polar surface area (TPSA) is 31.9 Å². The predicted molar refractivity (Wildman–Crippen MR) is 86.1 cm³/mol. The maximum absolute atomic E-state index is 4.43. The molecule has 112 valence electrons. The van der Waals surface area contributed by atoms with Crippen molar-refractivity contribution in [3.63, 3.8) is 0 Å². The highest BCUT2D eigenvalue weighted by Crippen LogP contribution is 2.23. The summed E-state index contributed by atoms with van der Waals surface area (Å²) in [6, 6.07) is 10.9. The van der Waals surface area contributed by atoms with Crippen molar-refractivity contribution in [2.75, 3.05) is 13.1 Å². The zero-order valence-electron chi connectivity index (χ0n) is 12.9. The van der Waals surface area contributed by atoms with Crippen LogP contribution in [0.3, 0.4) is 0 Å². The van der Waals surface area contributed by atoms with Crippen molar-refractivity contribution >= 4 is 0 Å². The lowest BCUT2D eigenvalue weighted by molar-refractivity contribution is 0.160. The van der Waals surface area contributed by atoms with Crippen LogP contribution >= 0.6 is 0 Å². The molecule has 3 rings (SSSR count). The Morgan fingerprint density at radius 1 is 1.29 bits per heavy atom. The Bertz CT molecular complexity index is 547. The number of nitrogens with one attached hydrogen (secondary N) is 1. The molecule has 0 aliphatic carbocycles. The summed E-state index contributed by atoms with van der Waals surface area (Å²) in [5.74, 6) is 0.832. The lowest BCUT2D eigenvalue weighted by Gasteiger charge is -2.32. The zero-order valence-corrected chi connectivity index (χ0v) is 12.9. The highest BCUT2D eigenvalue weighted by atomic mass is 15.1. The fourth-order valence-electron chi connectivity index (χ4n) is 3.30. The molecule has 2 heterocycles. The molecule has 2 aromatic rings. The Hall–Kier alpha value is -1.61. The molecule has 0 bridgehead atoms. The maximum Gasteiger partial charge on any atom is 0.0925 e. The fraction of sp³-hybridized carbons (Fsp3) is 0.500. The first-order valence-electron chi connectivity index (χ1n) is 8.06. The van der Waals surface area contributed by atoms with E-state index >= 15 is 0 Å². The summed E-state index contributed by atoms with van der Waals surface area (Å²) in [7, 11) is 0. The lowest BCUT2D eigenvalue weighted by atomic mass is 9.91. The van der Waals surface area contributed by atoms with Gasteiger partial charge >= 0.3 is 0 Å². The van der Waals surface area contributed by atoms with Gasteiger partial charge in [-0.05, 0) is 50.6 Å². The van der Waals surface area contributed by atoms with Crippen molar-refractivity contribution in [2.45, 2.75) is 39.2 Å². The average molecular weight is 283 g/mol. The van der Waals surface area contributed by atoms with Crippen LogP contribution in [0.25, 0.3) is 0 Å². The molecule has 0 radical (unpaired) electrons. The Balaban J connectivity index is 1.50. The minimum atomic E-state index is 0.832. The second-order valence-electron chi connectivity index (χ2n) is 6.24. The van der Waals surface area contributed by atoms with Crippen LogP contribution in [0, 0.1) is 12.8 Å². The summed E-state index contributed by atoms with van der Waals surface area (Å²) in [5.41, 5.74) is 3.89. The van der Waals surface area contributed by atoms with Crippen molar-refractivity contribution < 1.29 is 0 Å². The van der Waals surface area contributed by atoms with Crippen LogP contribution in [0.2, 0.25) is 0 Å². The third kappa shape index (κ3) is 3.94. The largest absolute Gasteiger partial charge is 0.348 e. The van der Waals surface area contributed by atoms with Gasteiger partial charge in [0.25, 0.3) is 0 Å². The number of aryl methyl sites for hydroxylation is 2. The molecular formula is C18H25N3. The van der Waals surface area contributed by atoms with Gasteiger partial charge in [-0.25, -0.2) is 4.98 Å². The van der Waals surface area contributed by atoms with Gasteiger partial charge in [-0.15, -0.1) is 0 Å². The molecule has 1 aliphatic rings. The SMILES string of the molecule is Cc1[nH]cnc1CN1CCC[C@H](CCc2ccccc2)C1. The first-order valence-corrected chi connectivity index (χ1v) is 8.06. The number of benzene rings is 1. The number of nitrogens with zero attached hydrogens (tertiary/aromatic N) is 2. The Morgan fingerprint density at radius 2 is 2.14 bits per heavy atom. The van der Waals surface area contributed by atoms with Crippen LogP contribution in [0.1, 0.15) is 36.2 Å². The average Bonchev–Trinajstić information content (AvgIpc) is 2.92. The molecule has 1 atom stereocenters. The number of rotatable bonds is 5. The first-order chi connectivity index (χ1) is 10.3. The molecule has 1 fully saturated rings. The third-order valence-electron chi connectivity index (χ3n) is 4.59. The molecular weight excluding hydrogens is 258 g/mol. The molecule has 0 spiro atoms. The quantitative estimate of drug-likeness (QED) is 0.910. The van der Waals surface area contributed by atoms with Crippen molar-refractivity contribution in [3.8, 4) is 0 Å². The Kier molecular flexibility index (Phi) is 4.71. The normalized spacial score (nSPS) is 19.8. The smallest absolute Gasteiger partial charge is 0.0925 e. The Labute approximate surface area is 127 Å². The maximum atomic E-state index is 4.43. The second-order valence-corrected chi connectivity index (χ2v) is 6.24. The van der Waals surface area contributed by atoms with Gasteiger partial charge in [0.1, 0.15) is 0 Å². The highest BCUT2D eigenvalue weighted by Gasteiger charge is 2.20. The van der Waals surface area contributed by atoms with Gasteiger partial charge in [0.05, 0.1) is 12.0 Å². The number of likely N-dealkylation sites (tertiary alicyclic amines) is 1. The molecule has 1 aromatic heterocycles. The molecule has 0 unspecified atom stereocenters. The Morgan fingerprint density at radius 3 is 2.90 bits per heavy atom. The molecule has 21 heavy (non-hydrogen) atoms. The standard InChI is InChI=1S/C18H25N3/c1-15-18(20-14-19-15)13-21-11-5-8-17(12-21)10-9-16-6-3-2-4-7-16/h2-4,6-7,14,17H,5,8-13H2,1H3,(H,19,20)/t17-/m1/s1. The van der Waals surface area contributed by atoms with Gasteiger partial charge in [-0.3, -0.25) is 4.90 Å². The summed E-state index contributed by atoms with van der Waals surface area (Å²) in [5, 5.41) is 0. The van der Waals surface area contributed by atoms with Gasteiger partial charge in [0.2, 0.25) is 0 Å². The third-order valence-corrected chi connectivity index (χ3v) is 4.59. The fourth-order valence-corrected chi connectivity index (χ4v) is 3.30. The van der Waals surface area contributed by atoms with Crippen LogP contribution in [-0.2, 0) is 13.0 Å². The van der Waals surface area contributed by atoms with E-state index in [1.54, 1.807) is 0 Å². The first kappa shape index (κ1) is 14.3. The number of H-pyrrole nitrogens is 1. The van der Waals surface area contributed by atoms with Crippen LogP contribution in [0.5, 0.6) is 0 Å². The number of aromatic nitrogens is 2. The van der Waals surface area contributed by atoms with E-state index in [4.69, 9.17) is 0 Å². The van der Waals surface area contributed by atoms with E-state index in [2.05, 4.69) is 52.1 Å². The summed E-state index contributed by atoms with van der Waals surface area (Å²) in [6.07, 6.45) is 7.02. The van der Waals surface area contributed by atoms with Gasteiger partial charge in [-0.2, -0.15) is 0 Å². The van der Waals surface area contributed by atoms with Crippen molar-refractivity contribution in [3.05, 3.63) is 53.6 Å². The van der Waals surface area contributed by atoms with Crippen molar-refractivity contribution in [2.24, 2.45) is 5.92 Å². The van der Waals surface area contributed by atoms with Crippen molar-refractivity contribution in [1.82, 2.24) is 14.9 Å². The second kappa shape index (κ2) is 6.90. The molecule has 1 saturated heterocycles. The monoisotopic (exact) mass is 283 g/mol. The number of imidazole rings is 1. The van der Waals surface area contributed by atoms with Crippen LogP contribution in [-0.4, -0.2) is 28.0 Å². The zero-order chi connectivity index (χ0) is 14.5. The number of hydrogen-bond donors (Lipinski definition) is 1. The van der Waals surface area contributed by atoms with Gasteiger partial charge in [0.15, 0.2) is 0 Å². The van der Waals surface area contributed by atoms with Gasteiger partial charge in [-0.1, -0.05) is 30.3 Å².